The van der Waals surface area contributed by atoms with Gasteiger partial charge in [0.05, 0.1) is 6.04 Å². The molecule has 0 aliphatic carbocycles. The highest BCUT2D eigenvalue weighted by Gasteiger charge is 2.29. The molecule has 0 unspecified atom stereocenters. The Morgan fingerprint density at radius 3 is 2.46 bits per heavy atom. The average molecular weight is 329 g/mol. The van der Waals surface area contributed by atoms with Crippen LogP contribution in [0, 0.1) is 0 Å². The number of carbonyl (C=O) groups excluding carboxylic acids is 1. The molecule has 4 nitrogen and oxygen atoms in total. The first-order valence-electron chi connectivity index (χ1n) is 9.55. The summed E-state index contributed by atoms with van der Waals surface area (Å²) < 4.78 is 0. The first-order valence-corrected chi connectivity index (χ1v) is 9.55. The van der Waals surface area contributed by atoms with Crippen molar-refractivity contribution >= 4 is 5.91 Å². The molecule has 1 atom stereocenters. The molecule has 0 bridgehead atoms. The molecule has 4 heteroatoms. The minimum Gasteiger partial charge on any atom is -0.335 e. The molecule has 132 valence electrons. The maximum Gasteiger partial charge on any atom is 0.224 e. The number of benzene rings is 1. The van der Waals surface area contributed by atoms with Crippen LogP contribution in [-0.4, -0.2) is 66.4 Å². The van der Waals surface area contributed by atoms with E-state index in [9.17, 15) is 4.79 Å². The minimum absolute atomic E-state index is 0.263. The van der Waals surface area contributed by atoms with Crippen LogP contribution in [0.3, 0.4) is 0 Å². The molecule has 1 fully saturated rings. The van der Waals surface area contributed by atoms with Crippen molar-refractivity contribution in [3.63, 3.8) is 0 Å². The zero-order valence-corrected chi connectivity index (χ0v) is 15.2. The molecule has 2 aliphatic rings. The van der Waals surface area contributed by atoms with E-state index in [1.54, 1.807) is 0 Å². The molecule has 24 heavy (non-hydrogen) atoms. The first kappa shape index (κ1) is 17.4. The molecule has 0 saturated carbocycles. The SMILES string of the molecule is CC[C@@H]1c2ccccc2CCN1C(=O)CCN1CCN(CC)CC1. The Hall–Kier alpha value is -1.39. The van der Waals surface area contributed by atoms with Crippen molar-refractivity contribution < 1.29 is 4.79 Å². The second kappa shape index (κ2) is 8.13. The summed E-state index contributed by atoms with van der Waals surface area (Å²) in [7, 11) is 0. The zero-order valence-electron chi connectivity index (χ0n) is 15.2. The van der Waals surface area contributed by atoms with Gasteiger partial charge in [0.2, 0.25) is 5.91 Å². The fraction of sp³-hybridized carbons (Fsp3) is 0.650. The van der Waals surface area contributed by atoms with Crippen LogP contribution in [0.1, 0.15) is 43.9 Å². The normalized spacial score (nSPS) is 22.4. The lowest BCUT2D eigenvalue weighted by Gasteiger charge is -2.38. The van der Waals surface area contributed by atoms with Crippen molar-refractivity contribution in [2.45, 2.75) is 39.2 Å². The highest BCUT2D eigenvalue weighted by molar-refractivity contribution is 5.77. The van der Waals surface area contributed by atoms with E-state index >= 15 is 0 Å². The van der Waals surface area contributed by atoms with Crippen LogP contribution in [0.2, 0.25) is 0 Å². The minimum atomic E-state index is 0.263. The van der Waals surface area contributed by atoms with Gasteiger partial charge in [-0.25, -0.2) is 0 Å². The Labute approximate surface area is 146 Å². The lowest BCUT2D eigenvalue weighted by atomic mass is 9.91. The molecule has 3 rings (SSSR count). The highest BCUT2D eigenvalue weighted by Crippen LogP contribution is 2.32. The van der Waals surface area contributed by atoms with Gasteiger partial charge in [0.15, 0.2) is 0 Å². The lowest BCUT2D eigenvalue weighted by molar-refractivity contribution is -0.134. The predicted octanol–water partition coefficient (Wildman–Crippen LogP) is 2.55. The molecule has 0 aromatic heterocycles. The van der Waals surface area contributed by atoms with E-state index in [1.807, 2.05) is 0 Å². The van der Waals surface area contributed by atoms with Crippen molar-refractivity contribution in [2.24, 2.45) is 0 Å². The third kappa shape index (κ3) is 3.81. The molecular formula is C20H31N3O. The van der Waals surface area contributed by atoms with Gasteiger partial charge in [0, 0.05) is 45.7 Å². The maximum atomic E-state index is 12.8. The van der Waals surface area contributed by atoms with Gasteiger partial charge < -0.3 is 14.7 Å². The van der Waals surface area contributed by atoms with Crippen LogP contribution in [-0.2, 0) is 11.2 Å². The molecule has 0 radical (unpaired) electrons. The van der Waals surface area contributed by atoms with Crippen LogP contribution < -0.4 is 0 Å². The third-order valence-electron chi connectivity index (χ3n) is 5.67. The third-order valence-corrected chi connectivity index (χ3v) is 5.67. The Morgan fingerprint density at radius 2 is 1.75 bits per heavy atom. The van der Waals surface area contributed by atoms with E-state index in [2.05, 4.69) is 52.8 Å². The van der Waals surface area contributed by atoms with E-state index < -0.39 is 0 Å². The number of rotatable bonds is 5. The van der Waals surface area contributed by atoms with Gasteiger partial charge >= 0.3 is 0 Å². The molecular weight excluding hydrogens is 298 g/mol. The molecule has 0 spiro atoms. The van der Waals surface area contributed by atoms with Crippen LogP contribution in [0.5, 0.6) is 0 Å². The first-order chi connectivity index (χ1) is 11.7. The Morgan fingerprint density at radius 1 is 1.04 bits per heavy atom. The highest BCUT2D eigenvalue weighted by atomic mass is 16.2. The van der Waals surface area contributed by atoms with E-state index in [4.69, 9.17) is 0 Å². The molecule has 2 heterocycles. The zero-order chi connectivity index (χ0) is 16.9. The van der Waals surface area contributed by atoms with Crippen LogP contribution in [0.25, 0.3) is 0 Å². The van der Waals surface area contributed by atoms with Crippen molar-refractivity contribution in [3.8, 4) is 0 Å². The van der Waals surface area contributed by atoms with Gasteiger partial charge in [-0.2, -0.15) is 0 Å². The number of amides is 1. The quantitative estimate of drug-likeness (QED) is 0.831. The van der Waals surface area contributed by atoms with Crippen molar-refractivity contribution in [1.29, 1.82) is 0 Å². The van der Waals surface area contributed by atoms with Crippen molar-refractivity contribution in [1.82, 2.24) is 14.7 Å². The Balaban J connectivity index is 1.55. The summed E-state index contributed by atoms with van der Waals surface area (Å²) in [5, 5.41) is 0. The fourth-order valence-electron chi connectivity index (χ4n) is 4.12. The van der Waals surface area contributed by atoms with Gasteiger partial charge in [0.25, 0.3) is 0 Å². The van der Waals surface area contributed by atoms with E-state index in [0.717, 1.165) is 58.7 Å². The predicted molar refractivity (Wildman–Crippen MR) is 98.1 cm³/mol. The number of hydrogen-bond donors (Lipinski definition) is 0. The second-order valence-corrected chi connectivity index (χ2v) is 6.99. The summed E-state index contributed by atoms with van der Waals surface area (Å²) in [6, 6.07) is 8.89. The summed E-state index contributed by atoms with van der Waals surface area (Å²) in [5.41, 5.74) is 2.78. The van der Waals surface area contributed by atoms with Crippen LogP contribution in [0.15, 0.2) is 24.3 Å². The number of fused-ring (bicyclic) bond motifs is 1. The lowest BCUT2D eigenvalue weighted by Crippen LogP contribution is -2.47. The average Bonchev–Trinajstić information content (AvgIpc) is 2.65. The van der Waals surface area contributed by atoms with Crippen molar-refractivity contribution in [3.05, 3.63) is 35.4 Å². The Kier molecular flexibility index (Phi) is 5.90. The van der Waals surface area contributed by atoms with E-state index in [0.29, 0.717) is 12.3 Å². The summed E-state index contributed by atoms with van der Waals surface area (Å²) >= 11 is 0. The van der Waals surface area contributed by atoms with Gasteiger partial charge in [-0.15, -0.1) is 0 Å². The monoisotopic (exact) mass is 329 g/mol. The number of piperazine rings is 1. The smallest absolute Gasteiger partial charge is 0.224 e. The maximum absolute atomic E-state index is 12.8. The summed E-state index contributed by atoms with van der Waals surface area (Å²) in [4.78, 5) is 19.9. The van der Waals surface area contributed by atoms with Gasteiger partial charge in [-0.3, -0.25) is 4.79 Å². The number of hydrogen-bond acceptors (Lipinski definition) is 3. The molecule has 1 aromatic carbocycles. The number of likely N-dealkylation sites (N-methyl/N-ethyl adjacent to an activating group) is 1. The number of carbonyl (C=O) groups is 1. The van der Waals surface area contributed by atoms with E-state index in [1.165, 1.54) is 11.1 Å². The standard InChI is InChI=1S/C20H31N3O/c1-3-19-18-8-6-5-7-17(18)9-12-23(19)20(24)10-11-22-15-13-21(4-2)14-16-22/h5-8,19H,3-4,9-16H2,1-2H3/t19-/m1/s1. The van der Waals surface area contributed by atoms with Crippen LogP contribution >= 0.6 is 0 Å². The largest absolute Gasteiger partial charge is 0.335 e. The summed E-state index contributed by atoms with van der Waals surface area (Å²) in [6.07, 6.45) is 2.65. The summed E-state index contributed by atoms with van der Waals surface area (Å²) in [5.74, 6) is 0.328. The van der Waals surface area contributed by atoms with Crippen molar-refractivity contribution in [2.75, 3.05) is 45.8 Å². The van der Waals surface area contributed by atoms with Gasteiger partial charge in [-0.1, -0.05) is 38.1 Å². The molecule has 1 amide bonds. The topological polar surface area (TPSA) is 26.8 Å². The second-order valence-electron chi connectivity index (χ2n) is 6.99. The van der Waals surface area contributed by atoms with E-state index in [-0.39, 0.29) is 6.04 Å². The molecule has 2 aliphatic heterocycles. The number of nitrogens with zero attached hydrogens (tertiary/aromatic N) is 3. The Bertz CT molecular complexity index is 552. The molecule has 1 aromatic rings. The van der Waals surface area contributed by atoms with Gasteiger partial charge in [0.1, 0.15) is 0 Å². The van der Waals surface area contributed by atoms with Crippen LogP contribution in [0.4, 0.5) is 0 Å². The van der Waals surface area contributed by atoms with Gasteiger partial charge in [-0.05, 0) is 30.5 Å². The molecule has 1 saturated heterocycles. The fourth-order valence-corrected chi connectivity index (χ4v) is 4.12. The summed E-state index contributed by atoms with van der Waals surface area (Å²) in [6.45, 7) is 11.8. The molecule has 0 N–H and O–H groups in total.